The van der Waals surface area contributed by atoms with Crippen LogP contribution in [-0.2, 0) is 0 Å². The Morgan fingerprint density at radius 1 is 1.24 bits per heavy atom. The number of halogens is 1. The Hall–Kier alpha value is -0.600. The van der Waals surface area contributed by atoms with E-state index in [0.29, 0.717) is 5.02 Å². The molecule has 2 N–H and O–H groups in total. The van der Waals surface area contributed by atoms with Gasteiger partial charge in [0.2, 0.25) is 0 Å². The zero-order valence-electron chi connectivity index (χ0n) is 10.7. The Labute approximate surface area is 110 Å². The minimum atomic E-state index is -0.0186. The smallest absolute Gasteiger partial charge is 0.0756 e. The third-order valence-electron chi connectivity index (χ3n) is 3.01. The van der Waals surface area contributed by atoms with Crippen molar-refractivity contribution < 1.29 is 0 Å². The van der Waals surface area contributed by atoms with E-state index in [4.69, 9.17) is 17.3 Å². The molecule has 0 radical (unpaired) electrons. The summed E-state index contributed by atoms with van der Waals surface area (Å²) >= 11 is 6.06. The first-order valence-corrected chi connectivity index (χ1v) is 6.99. The van der Waals surface area contributed by atoms with Gasteiger partial charge in [-0.3, -0.25) is 4.98 Å². The van der Waals surface area contributed by atoms with E-state index in [2.05, 4.69) is 11.9 Å². The molecule has 96 valence electrons. The van der Waals surface area contributed by atoms with E-state index < -0.39 is 0 Å². The maximum atomic E-state index is 6.09. The number of unbranched alkanes of at least 4 members (excludes halogenated alkanes) is 5. The number of nitrogens with zero attached hydrogens (tertiary/aromatic N) is 1. The summed E-state index contributed by atoms with van der Waals surface area (Å²) in [4.78, 5) is 4.25. The Kier molecular flexibility index (Phi) is 7.22. The van der Waals surface area contributed by atoms with Crippen LogP contribution in [0.25, 0.3) is 0 Å². The average Bonchev–Trinajstić information content (AvgIpc) is 2.34. The molecule has 1 aromatic heterocycles. The first-order chi connectivity index (χ1) is 8.25. The Balaban J connectivity index is 2.21. The molecule has 1 unspecified atom stereocenters. The van der Waals surface area contributed by atoms with Gasteiger partial charge < -0.3 is 5.73 Å². The van der Waals surface area contributed by atoms with Crippen molar-refractivity contribution in [1.29, 1.82) is 0 Å². The molecule has 1 aromatic rings. The van der Waals surface area contributed by atoms with Gasteiger partial charge in [0, 0.05) is 12.2 Å². The van der Waals surface area contributed by atoms with Crippen molar-refractivity contribution in [1.82, 2.24) is 4.98 Å². The number of hydrogen-bond acceptors (Lipinski definition) is 2. The standard InChI is InChI=1S/C14H23ClN2/c1-2-3-4-5-6-7-10-13(16)14-12(15)9-8-11-17-14/h8-9,11,13H,2-7,10,16H2,1H3. The van der Waals surface area contributed by atoms with Gasteiger partial charge in [-0.05, 0) is 18.6 Å². The van der Waals surface area contributed by atoms with Crippen molar-refractivity contribution in [3.63, 3.8) is 0 Å². The molecule has 0 aliphatic rings. The number of hydrogen-bond donors (Lipinski definition) is 1. The van der Waals surface area contributed by atoms with Gasteiger partial charge in [-0.2, -0.15) is 0 Å². The third-order valence-corrected chi connectivity index (χ3v) is 3.33. The van der Waals surface area contributed by atoms with E-state index in [-0.39, 0.29) is 6.04 Å². The molecule has 0 saturated carbocycles. The van der Waals surface area contributed by atoms with E-state index in [1.165, 1.54) is 32.1 Å². The first kappa shape index (κ1) is 14.5. The van der Waals surface area contributed by atoms with Crippen LogP contribution in [0.15, 0.2) is 18.3 Å². The van der Waals surface area contributed by atoms with E-state index in [1.807, 2.05) is 12.1 Å². The molecule has 2 nitrogen and oxygen atoms in total. The maximum absolute atomic E-state index is 6.09. The molecule has 0 aliphatic carbocycles. The summed E-state index contributed by atoms with van der Waals surface area (Å²) in [6, 6.07) is 3.67. The monoisotopic (exact) mass is 254 g/mol. The number of pyridine rings is 1. The third kappa shape index (κ3) is 5.51. The second kappa shape index (κ2) is 8.48. The minimum Gasteiger partial charge on any atom is -0.323 e. The summed E-state index contributed by atoms with van der Waals surface area (Å²) in [6.45, 7) is 2.24. The van der Waals surface area contributed by atoms with Crippen molar-refractivity contribution in [3.05, 3.63) is 29.0 Å². The number of rotatable bonds is 8. The Morgan fingerprint density at radius 3 is 2.65 bits per heavy atom. The van der Waals surface area contributed by atoms with Crippen molar-refractivity contribution >= 4 is 11.6 Å². The van der Waals surface area contributed by atoms with Crippen LogP contribution in [-0.4, -0.2) is 4.98 Å². The maximum Gasteiger partial charge on any atom is 0.0756 e. The molecule has 1 atom stereocenters. The van der Waals surface area contributed by atoms with Gasteiger partial charge in [0.1, 0.15) is 0 Å². The SMILES string of the molecule is CCCCCCCCC(N)c1ncccc1Cl. The van der Waals surface area contributed by atoms with Crippen LogP contribution in [0.1, 0.15) is 63.6 Å². The van der Waals surface area contributed by atoms with Crippen molar-refractivity contribution in [2.24, 2.45) is 5.73 Å². The average molecular weight is 255 g/mol. The van der Waals surface area contributed by atoms with Crippen molar-refractivity contribution in [2.75, 3.05) is 0 Å². The fourth-order valence-electron chi connectivity index (χ4n) is 1.95. The molecule has 0 aliphatic heterocycles. The van der Waals surface area contributed by atoms with Crippen LogP contribution < -0.4 is 5.73 Å². The van der Waals surface area contributed by atoms with Crippen molar-refractivity contribution in [3.8, 4) is 0 Å². The van der Waals surface area contributed by atoms with Crippen LogP contribution in [0.3, 0.4) is 0 Å². The van der Waals surface area contributed by atoms with E-state index in [0.717, 1.165) is 18.5 Å². The van der Waals surface area contributed by atoms with Crippen molar-refractivity contribution in [2.45, 2.75) is 57.9 Å². The molecule has 0 bridgehead atoms. The molecule has 17 heavy (non-hydrogen) atoms. The molecular formula is C14H23ClN2. The number of aromatic nitrogens is 1. The van der Waals surface area contributed by atoms with Crippen LogP contribution in [0.2, 0.25) is 5.02 Å². The van der Waals surface area contributed by atoms with E-state index >= 15 is 0 Å². The van der Waals surface area contributed by atoms with E-state index in [9.17, 15) is 0 Å². The second-order valence-corrected chi connectivity index (χ2v) is 4.94. The van der Waals surface area contributed by atoms with Gasteiger partial charge in [0.15, 0.2) is 0 Å². The molecule has 0 saturated heterocycles. The second-order valence-electron chi connectivity index (χ2n) is 4.53. The first-order valence-electron chi connectivity index (χ1n) is 6.61. The zero-order valence-corrected chi connectivity index (χ0v) is 11.4. The Morgan fingerprint density at radius 2 is 1.94 bits per heavy atom. The highest BCUT2D eigenvalue weighted by Gasteiger charge is 2.10. The molecule has 0 fully saturated rings. The fourth-order valence-corrected chi connectivity index (χ4v) is 2.21. The predicted molar refractivity (Wildman–Crippen MR) is 74.2 cm³/mol. The van der Waals surface area contributed by atoms with Gasteiger partial charge in [0.25, 0.3) is 0 Å². The van der Waals surface area contributed by atoms with Crippen LogP contribution in [0.4, 0.5) is 0 Å². The summed E-state index contributed by atoms with van der Waals surface area (Å²) in [5, 5.41) is 0.686. The molecule has 0 amide bonds. The molecule has 0 spiro atoms. The Bertz CT molecular complexity index is 315. The normalized spacial score (nSPS) is 12.6. The fraction of sp³-hybridized carbons (Fsp3) is 0.643. The van der Waals surface area contributed by atoms with Crippen LogP contribution in [0, 0.1) is 0 Å². The highest BCUT2D eigenvalue weighted by molar-refractivity contribution is 6.31. The molecule has 0 aromatic carbocycles. The zero-order chi connectivity index (χ0) is 12.5. The lowest BCUT2D eigenvalue weighted by Gasteiger charge is -2.12. The quantitative estimate of drug-likeness (QED) is 0.695. The highest BCUT2D eigenvalue weighted by atomic mass is 35.5. The summed E-state index contributed by atoms with van der Waals surface area (Å²) < 4.78 is 0. The lowest BCUT2D eigenvalue weighted by atomic mass is 10.0. The van der Waals surface area contributed by atoms with Crippen LogP contribution in [0.5, 0.6) is 0 Å². The van der Waals surface area contributed by atoms with Crippen LogP contribution >= 0.6 is 11.6 Å². The lowest BCUT2D eigenvalue weighted by molar-refractivity contribution is 0.541. The summed E-state index contributed by atoms with van der Waals surface area (Å²) in [5.41, 5.74) is 6.93. The minimum absolute atomic E-state index is 0.0186. The molecule has 1 heterocycles. The van der Waals surface area contributed by atoms with Gasteiger partial charge in [-0.25, -0.2) is 0 Å². The van der Waals surface area contributed by atoms with Gasteiger partial charge in [-0.15, -0.1) is 0 Å². The summed E-state index contributed by atoms with van der Waals surface area (Å²) in [7, 11) is 0. The molecule has 1 rings (SSSR count). The molecular weight excluding hydrogens is 232 g/mol. The topological polar surface area (TPSA) is 38.9 Å². The molecule has 3 heteroatoms. The summed E-state index contributed by atoms with van der Waals surface area (Å²) in [6.07, 6.45) is 10.5. The van der Waals surface area contributed by atoms with Gasteiger partial charge in [-0.1, -0.05) is 57.0 Å². The lowest BCUT2D eigenvalue weighted by Crippen LogP contribution is -2.12. The van der Waals surface area contributed by atoms with Gasteiger partial charge >= 0.3 is 0 Å². The van der Waals surface area contributed by atoms with Gasteiger partial charge in [0.05, 0.1) is 10.7 Å². The summed E-state index contributed by atoms with van der Waals surface area (Å²) in [5.74, 6) is 0. The number of nitrogens with two attached hydrogens (primary N) is 1. The van der Waals surface area contributed by atoms with E-state index in [1.54, 1.807) is 6.20 Å². The largest absolute Gasteiger partial charge is 0.323 e. The predicted octanol–water partition coefficient (Wildman–Crippen LogP) is 4.49. The highest BCUT2D eigenvalue weighted by Crippen LogP contribution is 2.22.